The summed E-state index contributed by atoms with van der Waals surface area (Å²) in [5, 5.41) is 9.62. The van der Waals surface area contributed by atoms with Crippen molar-refractivity contribution in [2.45, 2.75) is 52.4 Å². The maximum absolute atomic E-state index is 11.7. The van der Waals surface area contributed by atoms with Crippen molar-refractivity contribution in [3.8, 4) is 0 Å². The monoisotopic (exact) mass is 314 g/mol. The SMILES string of the molecule is C[C@]12C=CC(=O)C=C1CC[C@@H]1[C@@H]2CC[C@]2(C)C(C(=O)O)CC[C@@H]12. The van der Waals surface area contributed by atoms with Crippen LogP contribution in [0.1, 0.15) is 52.4 Å². The molecular formula is C20H26O3. The van der Waals surface area contributed by atoms with Crippen molar-refractivity contribution in [1.29, 1.82) is 0 Å². The molecule has 0 aromatic heterocycles. The van der Waals surface area contributed by atoms with Gasteiger partial charge in [0.25, 0.3) is 0 Å². The van der Waals surface area contributed by atoms with Crippen LogP contribution < -0.4 is 0 Å². The van der Waals surface area contributed by atoms with Gasteiger partial charge in [0.1, 0.15) is 0 Å². The van der Waals surface area contributed by atoms with Crippen LogP contribution >= 0.6 is 0 Å². The molecule has 4 rings (SSSR count). The molecule has 1 N–H and O–H groups in total. The molecule has 0 spiro atoms. The first kappa shape index (κ1) is 15.2. The van der Waals surface area contributed by atoms with Crippen LogP contribution in [0.3, 0.4) is 0 Å². The molecule has 0 aliphatic heterocycles. The van der Waals surface area contributed by atoms with Crippen molar-refractivity contribution >= 4 is 11.8 Å². The minimum atomic E-state index is -0.598. The largest absolute Gasteiger partial charge is 0.481 e. The van der Waals surface area contributed by atoms with Gasteiger partial charge in [0.05, 0.1) is 5.92 Å². The summed E-state index contributed by atoms with van der Waals surface area (Å²) in [5.41, 5.74) is 1.29. The van der Waals surface area contributed by atoms with Gasteiger partial charge in [-0.3, -0.25) is 9.59 Å². The highest BCUT2D eigenvalue weighted by Crippen LogP contribution is 2.65. The molecule has 124 valence electrons. The minimum absolute atomic E-state index is 0.0134. The molecule has 0 bridgehead atoms. The van der Waals surface area contributed by atoms with Crippen LogP contribution in [0.4, 0.5) is 0 Å². The van der Waals surface area contributed by atoms with Gasteiger partial charge in [-0.15, -0.1) is 0 Å². The zero-order valence-electron chi connectivity index (χ0n) is 14.0. The fourth-order valence-corrected chi connectivity index (χ4v) is 6.60. The fraction of sp³-hybridized carbons (Fsp3) is 0.700. The molecule has 3 saturated carbocycles. The van der Waals surface area contributed by atoms with E-state index in [2.05, 4.69) is 19.9 Å². The molecule has 0 saturated heterocycles. The van der Waals surface area contributed by atoms with Crippen molar-refractivity contribution in [1.82, 2.24) is 0 Å². The number of hydrogen-bond donors (Lipinski definition) is 1. The zero-order valence-corrected chi connectivity index (χ0v) is 14.0. The third-order valence-electron chi connectivity index (χ3n) is 7.85. The highest BCUT2D eigenvalue weighted by Gasteiger charge is 2.59. The molecule has 3 nitrogen and oxygen atoms in total. The summed E-state index contributed by atoms with van der Waals surface area (Å²) in [4.78, 5) is 23.4. The first-order valence-corrected chi connectivity index (χ1v) is 9.03. The van der Waals surface area contributed by atoms with Crippen LogP contribution in [-0.4, -0.2) is 16.9 Å². The summed E-state index contributed by atoms with van der Waals surface area (Å²) < 4.78 is 0. The molecule has 23 heavy (non-hydrogen) atoms. The van der Waals surface area contributed by atoms with Crippen LogP contribution in [0.5, 0.6) is 0 Å². The van der Waals surface area contributed by atoms with Crippen molar-refractivity contribution in [2.75, 3.05) is 0 Å². The van der Waals surface area contributed by atoms with Crippen LogP contribution in [0.15, 0.2) is 23.8 Å². The topological polar surface area (TPSA) is 54.4 Å². The van der Waals surface area contributed by atoms with Gasteiger partial charge in [-0.2, -0.15) is 0 Å². The summed E-state index contributed by atoms with van der Waals surface area (Å²) in [6.45, 7) is 4.53. The Bertz CT molecular complexity index is 631. The molecule has 3 heteroatoms. The van der Waals surface area contributed by atoms with E-state index in [1.165, 1.54) is 5.57 Å². The Morgan fingerprint density at radius 1 is 1.17 bits per heavy atom. The smallest absolute Gasteiger partial charge is 0.307 e. The number of allylic oxidation sites excluding steroid dienone is 4. The Hall–Kier alpha value is -1.38. The summed E-state index contributed by atoms with van der Waals surface area (Å²) in [6, 6.07) is 0. The van der Waals surface area contributed by atoms with Crippen LogP contribution in [0, 0.1) is 34.5 Å². The molecule has 0 amide bonds. The lowest BCUT2D eigenvalue weighted by atomic mass is 9.48. The predicted molar refractivity (Wildman–Crippen MR) is 87.7 cm³/mol. The lowest BCUT2D eigenvalue weighted by Crippen LogP contribution is -2.50. The molecule has 3 fully saturated rings. The lowest BCUT2D eigenvalue weighted by molar-refractivity contribution is -0.148. The van der Waals surface area contributed by atoms with Crippen LogP contribution in [-0.2, 0) is 9.59 Å². The number of rotatable bonds is 1. The molecule has 0 radical (unpaired) electrons. The van der Waals surface area contributed by atoms with E-state index >= 15 is 0 Å². The number of aliphatic carboxylic acids is 1. The van der Waals surface area contributed by atoms with E-state index < -0.39 is 5.97 Å². The van der Waals surface area contributed by atoms with Gasteiger partial charge in [0.2, 0.25) is 0 Å². The number of carboxylic acid groups (broad SMARTS) is 1. The van der Waals surface area contributed by atoms with E-state index in [9.17, 15) is 14.7 Å². The third-order valence-corrected chi connectivity index (χ3v) is 7.85. The van der Waals surface area contributed by atoms with Crippen molar-refractivity contribution in [2.24, 2.45) is 34.5 Å². The number of carbonyl (C=O) groups excluding carboxylic acids is 1. The van der Waals surface area contributed by atoms with Gasteiger partial charge in [0, 0.05) is 5.41 Å². The van der Waals surface area contributed by atoms with E-state index in [-0.39, 0.29) is 22.5 Å². The maximum Gasteiger partial charge on any atom is 0.307 e. The molecule has 4 aliphatic carbocycles. The predicted octanol–water partition coefficient (Wildman–Crippen LogP) is 4.00. The Labute approximate surface area is 137 Å². The van der Waals surface area contributed by atoms with Crippen molar-refractivity contribution < 1.29 is 14.7 Å². The van der Waals surface area contributed by atoms with Gasteiger partial charge in [-0.05, 0) is 73.8 Å². The van der Waals surface area contributed by atoms with Crippen LogP contribution in [0.2, 0.25) is 0 Å². The number of fused-ring (bicyclic) bond motifs is 5. The van der Waals surface area contributed by atoms with E-state index in [4.69, 9.17) is 0 Å². The Balaban J connectivity index is 1.68. The number of carboxylic acids is 1. The summed E-state index contributed by atoms with van der Waals surface area (Å²) in [5.74, 6) is 1.08. The zero-order chi connectivity index (χ0) is 16.4. The number of ketones is 1. The van der Waals surface area contributed by atoms with Crippen molar-refractivity contribution in [3.63, 3.8) is 0 Å². The normalized spacial score (nSPS) is 48.3. The van der Waals surface area contributed by atoms with Crippen LogP contribution in [0.25, 0.3) is 0 Å². The van der Waals surface area contributed by atoms with E-state index in [1.54, 1.807) is 6.08 Å². The highest BCUT2D eigenvalue weighted by molar-refractivity contribution is 6.01. The lowest BCUT2D eigenvalue weighted by Gasteiger charge is -2.56. The summed E-state index contributed by atoms with van der Waals surface area (Å²) in [7, 11) is 0. The first-order chi connectivity index (χ1) is 10.9. The van der Waals surface area contributed by atoms with Gasteiger partial charge in [-0.1, -0.05) is 25.5 Å². The second-order valence-electron chi connectivity index (χ2n) is 8.62. The molecule has 0 aromatic rings. The van der Waals surface area contributed by atoms with Gasteiger partial charge in [0.15, 0.2) is 5.78 Å². The number of hydrogen-bond acceptors (Lipinski definition) is 2. The summed E-state index contributed by atoms with van der Waals surface area (Å²) >= 11 is 0. The van der Waals surface area contributed by atoms with Gasteiger partial charge in [-0.25, -0.2) is 0 Å². The third kappa shape index (κ3) is 1.95. The Morgan fingerprint density at radius 3 is 2.70 bits per heavy atom. The Morgan fingerprint density at radius 2 is 1.96 bits per heavy atom. The van der Waals surface area contributed by atoms with Crippen molar-refractivity contribution in [3.05, 3.63) is 23.8 Å². The van der Waals surface area contributed by atoms with Gasteiger partial charge < -0.3 is 5.11 Å². The van der Waals surface area contributed by atoms with Gasteiger partial charge >= 0.3 is 5.97 Å². The molecule has 0 aromatic carbocycles. The summed E-state index contributed by atoms with van der Waals surface area (Å²) in [6.07, 6.45) is 11.9. The average molecular weight is 314 g/mol. The molecule has 1 unspecified atom stereocenters. The average Bonchev–Trinajstić information content (AvgIpc) is 2.85. The molecular weight excluding hydrogens is 288 g/mol. The second kappa shape index (κ2) is 4.81. The molecule has 6 atom stereocenters. The molecule has 0 heterocycles. The quantitative estimate of drug-likeness (QED) is 0.796. The molecule has 4 aliphatic rings. The van der Waals surface area contributed by atoms with E-state index in [0.29, 0.717) is 17.8 Å². The minimum Gasteiger partial charge on any atom is -0.481 e. The Kier molecular flexibility index (Phi) is 3.17. The fourth-order valence-electron chi connectivity index (χ4n) is 6.60. The van der Waals surface area contributed by atoms with E-state index in [0.717, 1.165) is 38.5 Å². The first-order valence-electron chi connectivity index (χ1n) is 9.03. The maximum atomic E-state index is 11.7. The second-order valence-corrected chi connectivity index (χ2v) is 8.62. The highest BCUT2D eigenvalue weighted by atomic mass is 16.4. The number of carbonyl (C=O) groups is 2. The van der Waals surface area contributed by atoms with E-state index in [1.807, 2.05) is 6.08 Å². The standard InChI is InChI=1S/C20H26O3/c1-19-9-7-13(21)11-12(19)3-4-14-15-5-6-17(18(22)23)20(15,2)10-8-16(14)19/h7,9,11,14-17H,3-6,8,10H2,1-2H3,(H,22,23)/t14-,15-,16-,17?,19-,20-/m0/s1.